The second-order valence-electron chi connectivity index (χ2n) is 7.67. The first-order chi connectivity index (χ1) is 15.0. The van der Waals surface area contributed by atoms with E-state index in [1.165, 1.54) is 35.8 Å². The summed E-state index contributed by atoms with van der Waals surface area (Å²) in [5.74, 6) is 0.968. The number of benzene rings is 1. The van der Waals surface area contributed by atoms with Gasteiger partial charge in [0.05, 0.1) is 19.2 Å². The highest BCUT2D eigenvalue weighted by atomic mass is 32.1. The van der Waals surface area contributed by atoms with Gasteiger partial charge >= 0.3 is 0 Å². The van der Waals surface area contributed by atoms with Crippen molar-refractivity contribution in [2.24, 2.45) is 0 Å². The van der Waals surface area contributed by atoms with Crippen LogP contribution in [0.3, 0.4) is 0 Å². The molecule has 0 saturated carbocycles. The molecule has 31 heavy (non-hydrogen) atoms. The van der Waals surface area contributed by atoms with Crippen molar-refractivity contribution in [1.82, 2.24) is 10.3 Å². The minimum Gasteiger partial charge on any atom is -0.464 e. The van der Waals surface area contributed by atoms with Gasteiger partial charge in [0.15, 0.2) is 10.9 Å². The van der Waals surface area contributed by atoms with Crippen LogP contribution in [0.25, 0.3) is 22.4 Å². The maximum absolute atomic E-state index is 12.6. The number of furan rings is 2. The van der Waals surface area contributed by atoms with E-state index in [-0.39, 0.29) is 18.2 Å². The van der Waals surface area contributed by atoms with E-state index in [0.29, 0.717) is 28.9 Å². The minimum atomic E-state index is -0.144. The van der Waals surface area contributed by atoms with Gasteiger partial charge in [-0.2, -0.15) is 0 Å². The first-order valence-corrected chi connectivity index (χ1v) is 11.0. The lowest BCUT2D eigenvalue weighted by Gasteiger charge is -2.02. The van der Waals surface area contributed by atoms with Crippen molar-refractivity contribution >= 4 is 39.3 Å². The van der Waals surface area contributed by atoms with E-state index in [1.54, 1.807) is 18.4 Å². The third-order valence-corrected chi connectivity index (χ3v) is 6.15. The maximum Gasteiger partial charge on any atom is 0.230 e. The minimum absolute atomic E-state index is 0.119. The van der Waals surface area contributed by atoms with Crippen molar-refractivity contribution in [3.05, 3.63) is 58.4 Å². The van der Waals surface area contributed by atoms with Gasteiger partial charge < -0.3 is 19.5 Å². The Bertz CT molecular complexity index is 1280. The molecule has 7 nitrogen and oxygen atoms in total. The van der Waals surface area contributed by atoms with Crippen molar-refractivity contribution in [3.63, 3.8) is 0 Å². The van der Waals surface area contributed by atoms with Gasteiger partial charge in [-0.25, -0.2) is 4.98 Å². The zero-order valence-electron chi connectivity index (χ0n) is 17.0. The van der Waals surface area contributed by atoms with Crippen LogP contribution in [0.15, 0.2) is 44.7 Å². The topological polar surface area (TPSA) is 97.4 Å². The predicted molar refractivity (Wildman–Crippen MR) is 118 cm³/mol. The summed E-state index contributed by atoms with van der Waals surface area (Å²) in [6.07, 6.45) is 5.25. The summed E-state index contributed by atoms with van der Waals surface area (Å²) in [5.41, 5.74) is 5.07. The Balaban J connectivity index is 1.25. The molecule has 8 heteroatoms. The van der Waals surface area contributed by atoms with Crippen molar-refractivity contribution in [1.29, 1.82) is 0 Å². The average Bonchev–Trinajstić information content (AvgIpc) is 3.52. The summed E-state index contributed by atoms with van der Waals surface area (Å²) >= 11 is 1.34. The average molecular weight is 436 g/mol. The number of nitrogens with zero attached hydrogens (tertiary/aromatic N) is 1. The second kappa shape index (κ2) is 8.03. The molecule has 0 saturated heterocycles. The number of aromatic nitrogens is 1. The number of amides is 2. The predicted octanol–water partition coefficient (Wildman–Crippen LogP) is 4.46. The van der Waals surface area contributed by atoms with Crippen LogP contribution in [0, 0.1) is 0 Å². The highest BCUT2D eigenvalue weighted by Gasteiger charge is 2.17. The van der Waals surface area contributed by atoms with Crippen LogP contribution < -0.4 is 10.6 Å². The first-order valence-electron chi connectivity index (χ1n) is 10.2. The van der Waals surface area contributed by atoms with E-state index in [0.717, 1.165) is 29.4 Å². The van der Waals surface area contributed by atoms with Crippen LogP contribution >= 0.6 is 11.3 Å². The normalized spacial score (nSPS) is 12.8. The Morgan fingerprint density at radius 2 is 2.03 bits per heavy atom. The lowest BCUT2D eigenvalue weighted by molar-refractivity contribution is -0.119. The number of aryl methyl sites for hydroxylation is 2. The number of thiazole rings is 1. The number of nitrogens with one attached hydrogen (secondary N) is 2. The van der Waals surface area contributed by atoms with Gasteiger partial charge in [-0.15, -0.1) is 11.3 Å². The van der Waals surface area contributed by atoms with Gasteiger partial charge in [-0.1, -0.05) is 0 Å². The lowest BCUT2D eigenvalue weighted by atomic mass is 10.0. The zero-order valence-corrected chi connectivity index (χ0v) is 17.8. The number of hydrogen-bond acceptors (Lipinski definition) is 6. The van der Waals surface area contributed by atoms with Gasteiger partial charge in [0.1, 0.15) is 17.0 Å². The van der Waals surface area contributed by atoms with E-state index in [4.69, 9.17) is 8.83 Å². The smallest absolute Gasteiger partial charge is 0.230 e. The van der Waals surface area contributed by atoms with Crippen molar-refractivity contribution in [3.8, 4) is 11.5 Å². The molecule has 0 atom stereocenters. The molecule has 0 bridgehead atoms. The van der Waals surface area contributed by atoms with Gasteiger partial charge in [-0.3, -0.25) is 9.59 Å². The molecular weight excluding hydrogens is 414 g/mol. The number of hydrogen-bond donors (Lipinski definition) is 2. The number of anilines is 1. The monoisotopic (exact) mass is 435 g/mol. The summed E-state index contributed by atoms with van der Waals surface area (Å²) in [6, 6.07) is 7.87. The molecule has 0 aliphatic heterocycles. The van der Waals surface area contributed by atoms with Gasteiger partial charge in [-0.05, 0) is 54.7 Å². The van der Waals surface area contributed by atoms with E-state index in [1.807, 2.05) is 5.38 Å². The molecule has 5 rings (SSSR count). The molecule has 2 amide bonds. The summed E-state index contributed by atoms with van der Waals surface area (Å²) in [6.45, 7) is 1.78. The van der Waals surface area contributed by atoms with E-state index >= 15 is 0 Å². The second-order valence-corrected chi connectivity index (χ2v) is 8.53. The molecule has 3 heterocycles. The number of fused-ring (bicyclic) bond motifs is 2. The van der Waals surface area contributed by atoms with E-state index in [9.17, 15) is 9.59 Å². The fourth-order valence-electron chi connectivity index (χ4n) is 3.89. The number of rotatable bonds is 6. The molecule has 158 valence electrons. The van der Waals surface area contributed by atoms with Crippen LogP contribution in [0.4, 0.5) is 5.13 Å². The Labute approximate surface area is 182 Å². The summed E-state index contributed by atoms with van der Waals surface area (Å²) in [7, 11) is 0. The standard InChI is InChI=1S/C23H21N3O4S/c1-13(27)24-10-17-5-6-20(30-17)19-12-31-23(25-19)26-22(28)9-16-11-29-21-8-15-4-2-3-14(15)7-18(16)21/h5-8,11-12H,2-4,9-10H2,1H3,(H,24,27)(H,25,26,28). The highest BCUT2D eigenvalue weighted by Crippen LogP contribution is 2.31. The van der Waals surface area contributed by atoms with Gasteiger partial charge in [0.2, 0.25) is 11.8 Å². The molecule has 3 aromatic heterocycles. The number of carbonyl (C=O) groups excluding carboxylic acids is 2. The van der Waals surface area contributed by atoms with Crippen molar-refractivity contribution in [2.45, 2.75) is 39.2 Å². The SMILES string of the molecule is CC(=O)NCc1ccc(-c2csc(NC(=O)Cc3coc4cc5c(cc34)CCC5)n2)o1. The lowest BCUT2D eigenvalue weighted by Crippen LogP contribution is -2.18. The summed E-state index contributed by atoms with van der Waals surface area (Å²) < 4.78 is 11.4. The molecule has 0 unspecified atom stereocenters. The van der Waals surface area contributed by atoms with Crippen molar-refractivity contribution < 1.29 is 18.4 Å². The first kappa shape index (κ1) is 19.6. The molecule has 0 spiro atoms. The Kier molecular flexibility index (Phi) is 5.07. The largest absolute Gasteiger partial charge is 0.464 e. The molecule has 1 aromatic carbocycles. The Hall–Kier alpha value is -3.39. The van der Waals surface area contributed by atoms with Crippen LogP contribution in [0.5, 0.6) is 0 Å². The fraction of sp³-hybridized carbons (Fsp3) is 0.261. The molecule has 4 aromatic rings. The molecule has 0 fully saturated rings. The molecule has 0 radical (unpaired) electrons. The Morgan fingerprint density at radius 1 is 1.19 bits per heavy atom. The third kappa shape index (κ3) is 4.11. The van der Waals surface area contributed by atoms with E-state index in [2.05, 4.69) is 27.8 Å². The fourth-order valence-corrected chi connectivity index (χ4v) is 4.60. The highest BCUT2D eigenvalue weighted by molar-refractivity contribution is 7.14. The molecule has 1 aliphatic rings. The van der Waals surface area contributed by atoms with Crippen LogP contribution in [-0.4, -0.2) is 16.8 Å². The van der Waals surface area contributed by atoms with Gasteiger partial charge in [0.25, 0.3) is 0 Å². The molecular formula is C23H21N3O4S. The van der Waals surface area contributed by atoms with E-state index < -0.39 is 0 Å². The maximum atomic E-state index is 12.6. The van der Waals surface area contributed by atoms with Crippen LogP contribution in [-0.2, 0) is 35.4 Å². The number of carbonyl (C=O) groups is 2. The third-order valence-electron chi connectivity index (χ3n) is 5.40. The summed E-state index contributed by atoms with van der Waals surface area (Å²) in [4.78, 5) is 28.1. The quantitative estimate of drug-likeness (QED) is 0.466. The van der Waals surface area contributed by atoms with Crippen LogP contribution in [0.1, 0.15) is 35.8 Å². The zero-order chi connectivity index (χ0) is 21.4. The van der Waals surface area contributed by atoms with Crippen LogP contribution in [0.2, 0.25) is 0 Å². The molecule has 2 N–H and O–H groups in total. The van der Waals surface area contributed by atoms with Gasteiger partial charge in [0, 0.05) is 23.3 Å². The Morgan fingerprint density at radius 3 is 2.87 bits per heavy atom. The summed E-state index contributed by atoms with van der Waals surface area (Å²) in [5, 5.41) is 8.90. The molecule has 1 aliphatic carbocycles. The van der Waals surface area contributed by atoms with Crippen molar-refractivity contribution in [2.75, 3.05) is 5.32 Å².